The van der Waals surface area contributed by atoms with Gasteiger partial charge < -0.3 is 14.1 Å². The monoisotopic (exact) mass is 346 g/mol. The first-order valence-electron chi connectivity index (χ1n) is 9.93. The number of furan rings is 1. The summed E-state index contributed by atoms with van der Waals surface area (Å²) < 4.78 is 11.4. The molecule has 4 rings (SSSR count). The van der Waals surface area contributed by atoms with Gasteiger partial charge in [0.15, 0.2) is 0 Å². The zero-order chi connectivity index (χ0) is 17.2. The minimum Gasteiger partial charge on any atom is -0.465 e. The van der Waals surface area contributed by atoms with Crippen LogP contribution in [0.4, 0.5) is 0 Å². The van der Waals surface area contributed by atoms with Crippen LogP contribution in [0.15, 0.2) is 16.5 Å². The summed E-state index contributed by atoms with van der Waals surface area (Å²) in [6.07, 6.45) is 5.92. The van der Waals surface area contributed by atoms with Gasteiger partial charge in [0.2, 0.25) is 5.91 Å². The molecule has 0 radical (unpaired) electrons. The van der Waals surface area contributed by atoms with Gasteiger partial charge >= 0.3 is 0 Å². The number of ether oxygens (including phenoxy) is 1. The van der Waals surface area contributed by atoms with Crippen molar-refractivity contribution < 1.29 is 13.9 Å². The maximum Gasteiger partial charge on any atom is 0.222 e. The fourth-order valence-electron chi connectivity index (χ4n) is 4.78. The molecule has 1 aromatic rings. The van der Waals surface area contributed by atoms with Crippen molar-refractivity contribution in [1.82, 2.24) is 9.80 Å². The predicted molar refractivity (Wildman–Crippen MR) is 95.2 cm³/mol. The number of rotatable bonds is 5. The lowest BCUT2D eigenvalue weighted by Gasteiger charge is -2.41. The smallest absolute Gasteiger partial charge is 0.222 e. The highest BCUT2D eigenvalue weighted by atomic mass is 16.5. The Balaban J connectivity index is 1.41. The van der Waals surface area contributed by atoms with Gasteiger partial charge in [-0.25, -0.2) is 0 Å². The Labute approximate surface area is 150 Å². The van der Waals surface area contributed by atoms with E-state index in [0.29, 0.717) is 30.3 Å². The predicted octanol–water partition coefficient (Wildman–Crippen LogP) is 2.83. The molecule has 3 saturated heterocycles. The van der Waals surface area contributed by atoms with Crippen LogP contribution in [-0.4, -0.2) is 54.1 Å². The number of fused-ring (bicyclic) bond motifs is 1. The highest BCUT2D eigenvalue weighted by Gasteiger charge is 2.43. The van der Waals surface area contributed by atoms with Crippen molar-refractivity contribution in [2.75, 3.05) is 26.3 Å². The molecule has 1 aromatic heterocycles. The summed E-state index contributed by atoms with van der Waals surface area (Å²) in [5.74, 6) is 3.10. The van der Waals surface area contributed by atoms with E-state index < -0.39 is 0 Å². The largest absolute Gasteiger partial charge is 0.465 e. The summed E-state index contributed by atoms with van der Waals surface area (Å²) in [5, 5.41) is 0. The van der Waals surface area contributed by atoms with Gasteiger partial charge in [-0.3, -0.25) is 9.69 Å². The van der Waals surface area contributed by atoms with Gasteiger partial charge in [0.25, 0.3) is 0 Å². The van der Waals surface area contributed by atoms with Crippen LogP contribution in [0.1, 0.15) is 50.5 Å². The number of piperidine rings is 1. The van der Waals surface area contributed by atoms with Crippen LogP contribution in [0.2, 0.25) is 0 Å². The van der Waals surface area contributed by atoms with E-state index in [4.69, 9.17) is 9.15 Å². The molecule has 4 heterocycles. The maximum atomic E-state index is 12.6. The van der Waals surface area contributed by atoms with Gasteiger partial charge in [-0.2, -0.15) is 0 Å². The van der Waals surface area contributed by atoms with E-state index in [-0.39, 0.29) is 0 Å². The summed E-state index contributed by atoms with van der Waals surface area (Å²) in [4.78, 5) is 17.3. The van der Waals surface area contributed by atoms with Crippen LogP contribution < -0.4 is 0 Å². The number of carbonyl (C=O) groups is 1. The van der Waals surface area contributed by atoms with E-state index in [0.717, 1.165) is 76.5 Å². The third kappa shape index (κ3) is 3.63. The standard InChI is InChI=1S/C20H30N2O3/c1-2-16-3-4-17(25-16)14-21-10-7-19-18(21)5-6-20(23)22(19)13-15-8-11-24-12-9-15/h3-4,15,18-19H,2,5-14H2,1H3/t18-,19-/m0/s1. The lowest BCUT2D eigenvalue weighted by molar-refractivity contribution is -0.139. The summed E-state index contributed by atoms with van der Waals surface area (Å²) in [7, 11) is 0. The van der Waals surface area contributed by atoms with Gasteiger partial charge in [0.1, 0.15) is 11.5 Å². The third-order valence-corrected chi connectivity index (χ3v) is 6.22. The molecule has 1 amide bonds. The molecule has 5 heteroatoms. The molecule has 0 aromatic carbocycles. The van der Waals surface area contributed by atoms with Crippen molar-refractivity contribution in [2.24, 2.45) is 5.92 Å². The Bertz CT molecular complexity index is 594. The SMILES string of the molecule is CCc1ccc(CN2CC[C@H]3[C@@H]2CCC(=O)N3CC2CCOCC2)o1. The van der Waals surface area contributed by atoms with Crippen molar-refractivity contribution in [3.8, 4) is 0 Å². The zero-order valence-electron chi connectivity index (χ0n) is 15.3. The van der Waals surface area contributed by atoms with Crippen LogP contribution in [0.3, 0.4) is 0 Å². The average Bonchev–Trinajstić information content (AvgIpc) is 3.26. The second-order valence-electron chi connectivity index (χ2n) is 7.76. The topological polar surface area (TPSA) is 45.9 Å². The second-order valence-corrected chi connectivity index (χ2v) is 7.76. The molecule has 0 aliphatic carbocycles. The van der Waals surface area contributed by atoms with E-state index in [1.54, 1.807) is 0 Å². The minimum atomic E-state index is 0.362. The summed E-state index contributed by atoms with van der Waals surface area (Å²) in [6.45, 7) is 6.69. The Morgan fingerprint density at radius 1 is 1.08 bits per heavy atom. The van der Waals surface area contributed by atoms with Crippen LogP contribution in [0.5, 0.6) is 0 Å². The van der Waals surface area contributed by atoms with Crippen molar-refractivity contribution in [1.29, 1.82) is 0 Å². The second kappa shape index (κ2) is 7.50. The lowest BCUT2D eigenvalue weighted by atomic mass is 9.92. The van der Waals surface area contributed by atoms with E-state index in [9.17, 15) is 4.79 Å². The fourth-order valence-corrected chi connectivity index (χ4v) is 4.78. The van der Waals surface area contributed by atoms with Gasteiger partial charge in [-0.05, 0) is 43.7 Å². The van der Waals surface area contributed by atoms with Crippen molar-refractivity contribution in [3.63, 3.8) is 0 Å². The Kier molecular flexibility index (Phi) is 5.13. The molecule has 0 spiro atoms. The highest BCUT2D eigenvalue weighted by molar-refractivity contribution is 5.77. The first kappa shape index (κ1) is 17.1. The van der Waals surface area contributed by atoms with E-state index in [1.807, 2.05) is 0 Å². The highest BCUT2D eigenvalue weighted by Crippen LogP contribution is 2.34. The molecule has 0 saturated carbocycles. The van der Waals surface area contributed by atoms with Crippen molar-refractivity contribution in [3.05, 3.63) is 23.7 Å². The molecule has 5 nitrogen and oxygen atoms in total. The van der Waals surface area contributed by atoms with Crippen molar-refractivity contribution in [2.45, 2.75) is 64.1 Å². The summed E-state index contributed by atoms with van der Waals surface area (Å²) >= 11 is 0. The molecule has 0 unspecified atom stereocenters. The molecule has 138 valence electrons. The number of likely N-dealkylation sites (tertiary alicyclic amines) is 2. The quantitative estimate of drug-likeness (QED) is 0.822. The zero-order valence-corrected chi connectivity index (χ0v) is 15.3. The Hall–Kier alpha value is -1.33. The van der Waals surface area contributed by atoms with Gasteiger partial charge in [-0.1, -0.05) is 6.92 Å². The summed E-state index contributed by atoms with van der Waals surface area (Å²) in [6, 6.07) is 5.09. The average molecular weight is 346 g/mol. The number of carbonyl (C=O) groups excluding carboxylic acids is 1. The molecule has 0 N–H and O–H groups in total. The van der Waals surface area contributed by atoms with Crippen LogP contribution >= 0.6 is 0 Å². The van der Waals surface area contributed by atoms with Gasteiger partial charge in [0, 0.05) is 51.2 Å². The number of nitrogens with zero attached hydrogens (tertiary/aromatic N) is 2. The molecule has 3 aliphatic heterocycles. The van der Waals surface area contributed by atoms with Crippen LogP contribution in [0.25, 0.3) is 0 Å². The number of hydrogen-bond acceptors (Lipinski definition) is 4. The van der Waals surface area contributed by atoms with Gasteiger partial charge in [-0.15, -0.1) is 0 Å². The fraction of sp³-hybridized carbons (Fsp3) is 0.750. The molecule has 2 atom stereocenters. The Morgan fingerprint density at radius 3 is 2.64 bits per heavy atom. The summed E-state index contributed by atoms with van der Waals surface area (Å²) in [5.41, 5.74) is 0. The van der Waals surface area contributed by atoms with Crippen molar-refractivity contribution >= 4 is 5.91 Å². The molecule has 3 aliphatic rings. The first-order chi connectivity index (χ1) is 12.2. The third-order valence-electron chi connectivity index (χ3n) is 6.22. The molecular formula is C20H30N2O3. The molecule has 25 heavy (non-hydrogen) atoms. The van der Waals surface area contributed by atoms with E-state index in [1.165, 1.54) is 0 Å². The normalized spacial score (nSPS) is 28.5. The number of hydrogen-bond donors (Lipinski definition) is 0. The maximum absolute atomic E-state index is 12.6. The lowest BCUT2D eigenvalue weighted by Crippen LogP contribution is -2.53. The van der Waals surface area contributed by atoms with Gasteiger partial charge in [0.05, 0.1) is 6.54 Å². The first-order valence-corrected chi connectivity index (χ1v) is 9.93. The molecule has 3 fully saturated rings. The molecule has 0 bridgehead atoms. The number of amides is 1. The number of aryl methyl sites for hydroxylation is 1. The molecular weight excluding hydrogens is 316 g/mol. The van der Waals surface area contributed by atoms with E-state index >= 15 is 0 Å². The van der Waals surface area contributed by atoms with Crippen LogP contribution in [0, 0.1) is 5.92 Å². The van der Waals surface area contributed by atoms with E-state index in [2.05, 4.69) is 28.9 Å². The van der Waals surface area contributed by atoms with Crippen LogP contribution in [-0.2, 0) is 22.5 Å². The Morgan fingerprint density at radius 2 is 1.88 bits per heavy atom. The minimum absolute atomic E-state index is 0.362.